The van der Waals surface area contributed by atoms with Crippen molar-refractivity contribution in [1.29, 1.82) is 0 Å². The number of carbonyl (C=O) groups excluding carboxylic acids is 2. The molecule has 2 aromatic rings. The summed E-state index contributed by atoms with van der Waals surface area (Å²) in [7, 11) is 1.52. The maximum atomic E-state index is 12.8. The van der Waals surface area contributed by atoms with Crippen LogP contribution in [0.25, 0.3) is 6.08 Å². The first-order valence-corrected chi connectivity index (χ1v) is 7.66. The Balaban J connectivity index is 1.90. The molecule has 0 aliphatic heterocycles. The molecule has 2 aromatic carbocycles. The molecule has 24 heavy (non-hydrogen) atoms. The number of carbonyl (C=O) groups is 2. The summed E-state index contributed by atoms with van der Waals surface area (Å²) < 4.78 is 18.5. The van der Waals surface area contributed by atoms with Crippen LogP contribution in [0.1, 0.15) is 15.9 Å². The predicted molar refractivity (Wildman–Crippen MR) is 91.7 cm³/mol. The van der Waals surface area contributed by atoms with Crippen molar-refractivity contribution >= 4 is 33.8 Å². The van der Waals surface area contributed by atoms with Gasteiger partial charge in [0, 0.05) is 11.6 Å². The monoisotopic (exact) mass is 392 g/mol. The fourth-order valence-electron chi connectivity index (χ4n) is 1.79. The number of benzene rings is 2. The number of nitrogens with one attached hydrogen (secondary N) is 2. The molecular weight excluding hydrogens is 379 g/mol. The summed E-state index contributed by atoms with van der Waals surface area (Å²) in [5.74, 6) is -0.741. The van der Waals surface area contributed by atoms with Gasteiger partial charge in [0.15, 0.2) is 0 Å². The second-order valence-corrected chi connectivity index (χ2v) is 5.53. The lowest BCUT2D eigenvalue weighted by molar-refractivity contribution is -0.117. The zero-order chi connectivity index (χ0) is 17.5. The van der Waals surface area contributed by atoms with Gasteiger partial charge in [-0.1, -0.05) is 12.1 Å². The SMILES string of the molecule is COc1ccc(C(=O)NNC(=O)C=Cc2ccc(F)cc2)cc1Br. The Bertz CT molecular complexity index is 776. The van der Waals surface area contributed by atoms with Crippen molar-refractivity contribution in [1.82, 2.24) is 10.9 Å². The Kier molecular flexibility index (Phi) is 6.08. The minimum atomic E-state index is -0.514. The minimum absolute atomic E-state index is 0.352. The summed E-state index contributed by atoms with van der Waals surface area (Å²) in [6.07, 6.45) is 2.74. The van der Waals surface area contributed by atoms with Crippen LogP contribution in [0.2, 0.25) is 0 Å². The van der Waals surface area contributed by atoms with Gasteiger partial charge in [-0.15, -0.1) is 0 Å². The molecular formula is C17H14BrFN2O3. The average Bonchev–Trinajstić information content (AvgIpc) is 2.59. The molecule has 0 saturated carbocycles. The van der Waals surface area contributed by atoms with Gasteiger partial charge in [0.25, 0.3) is 11.8 Å². The second-order valence-electron chi connectivity index (χ2n) is 4.68. The fraction of sp³-hybridized carbons (Fsp3) is 0.0588. The first-order valence-electron chi connectivity index (χ1n) is 6.87. The lowest BCUT2D eigenvalue weighted by Crippen LogP contribution is -2.40. The van der Waals surface area contributed by atoms with Crippen LogP contribution >= 0.6 is 15.9 Å². The van der Waals surface area contributed by atoms with E-state index in [1.807, 2.05) is 0 Å². The van der Waals surface area contributed by atoms with E-state index in [2.05, 4.69) is 26.8 Å². The minimum Gasteiger partial charge on any atom is -0.496 e. The molecule has 0 aromatic heterocycles. The third-order valence-corrected chi connectivity index (χ3v) is 3.63. The highest BCUT2D eigenvalue weighted by Crippen LogP contribution is 2.25. The van der Waals surface area contributed by atoms with E-state index in [1.54, 1.807) is 18.2 Å². The van der Waals surface area contributed by atoms with E-state index in [4.69, 9.17) is 4.74 Å². The van der Waals surface area contributed by atoms with Gasteiger partial charge in [-0.25, -0.2) is 4.39 Å². The molecule has 0 spiro atoms. The van der Waals surface area contributed by atoms with Crippen molar-refractivity contribution < 1.29 is 18.7 Å². The summed E-state index contributed by atoms with van der Waals surface area (Å²) in [6.45, 7) is 0. The standard InChI is InChI=1S/C17H14BrFN2O3/c1-24-15-8-5-12(10-14(15)18)17(23)21-20-16(22)9-4-11-2-6-13(19)7-3-11/h2-10H,1H3,(H,20,22)(H,21,23). The van der Waals surface area contributed by atoms with Crippen molar-refractivity contribution in [3.05, 3.63) is 70.0 Å². The Hall–Kier alpha value is -2.67. The number of hydrazine groups is 1. The van der Waals surface area contributed by atoms with Crippen LogP contribution in [-0.4, -0.2) is 18.9 Å². The average molecular weight is 393 g/mol. The summed E-state index contributed by atoms with van der Waals surface area (Å²) >= 11 is 3.28. The second kappa shape index (κ2) is 8.26. The van der Waals surface area contributed by atoms with Crippen LogP contribution < -0.4 is 15.6 Å². The van der Waals surface area contributed by atoms with Gasteiger partial charge in [0.2, 0.25) is 0 Å². The maximum Gasteiger partial charge on any atom is 0.269 e. The largest absolute Gasteiger partial charge is 0.496 e. The van der Waals surface area contributed by atoms with E-state index >= 15 is 0 Å². The number of amides is 2. The van der Waals surface area contributed by atoms with Crippen LogP contribution in [0.4, 0.5) is 4.39 Å². The first-order chi connectivity index (χ1) is 11.5. The normalized spacial score (nSPS) is 10.5. The molecule has 7 heteroatoms. The van der Waals surface area contributed by atoms with Crippen LogP contribution in [-0.2, 0) is 4.79 Å². The lowest BCUT2D eigenvalue weighted by atomic mass is 10.2. The smallest absolute Gasteiger partial charge is 0.269 e. The molecule has 2 amide bonds. The highest BCUT2D eigenvalue weighted by atomic mass is 79.9. The third-order valence-electron chi connectivity index (χ3n) is 3.01. The molecule has 0 aliphatic carbocycles. The molecule has 124 valence electrons. The quantitative estimate of drug-likeness (QED) is 0.620. The number of hydrogen-bond donors (Lipinski definition) is 2. The van der Waals surface area contributed by atoms with Gasteiger partial charge >= 0.3 is 0 Å². The van der Waals surface area contributed by atoms with Crippen LogP contribution in [0.3, 0.4) is 0 Å². The molecule has 0 fully saturated rings. The molecule has 0 bridgehead atoms. The van der Waals surface area contributed by atoms with Gasteiger partial charge in [-0.2, -0.15) is 0 Å². The van der Waals surface area contributed by atoms with E-state index in [9.17, 15) is 14.0 Å². The summed E-state index contributed by atoms with van der Waals surface area (Å²) in [6, 6.07) is 10.4. The van der Waals surface area contributed by atoms with Crippen molar-refractivity contribution in [2.45, 2.75) is 0 Å². The fourth-order valence-corrected chi connectivity index (χ4v) is 2.33. The third kappa shape index (κ3) is 4.92. The molecule has 0 unspecified atom stereocenters. The summed E-state index contributed by atoms with van der Waals surface area (Å²) in [5, 5.41) is 0. The van der Waals surface area contributed by atoms with Crippen LogP contribution in [0.5, 0.6) is 5.75 Å². The number of rotatable bonds is 4. The van der Waals surface area contributed by atoms with Crippen LogP contribution in [0.15, 0.2) is 53.0 Å². The summed E-state index contributed by atoms with van der Waals surface area (Å²) in [5.41, 5.74) is 5.58. The number of halogens is 2. The highest BCUT2D eigenvalue weighted by molar-refractivity contribution is 9.10. The Morgan fingerprint density at radius 2 is 1.83 bits per heavy atom. The van der Waals surface area contributed by atoms with Crippen molar-refractivity contribution in [3.63, 3.8) is 0 Å². The maximum absolute atomic E-state index is 12.8. The van der Waals surface area contributed by atoms with Gasteiger partial charge in [0.05, 0.1) is 11.6 Å². The van der Waals surface area contributed by atoms with Crippen molar-refractivity contribution in [2.24, 2.45) is 0 Å². The number of ether oxygens (including phenoxy) is 1. The predicted octanol–water partition coefficient (Wildman–Crippen LogP) is 3.07. The van der Waals surface area contributed by atoms with Crippen molar-refractivity contribution in [2.75, 3.05) is 7.11 Å². The van der Waals surface area contributed by atoms with E-state index in [1.165, 1.54) is 43.5 Å². The molecule has 0 heterocycles. The van der Waals surface area contributed by atoms with E-state index in [-0.39, 0.29) is 5.82 Å². The molecule has 5 nitrogen and oxygen atoms in total. The van der Waals surface area contributed by atoms with Crippen LogP contribution in [0, 0.1) is 5.82 Å². The topological polar surface area (TPSA) is 67.4 Å². The zero-order valence-corrected chi connectivity index (χ0v) is 14.3. The first kappa shape index (κ1) is 17.7. The lowest BCUT2D eigenvalue weighted by Gasteiger charge is -2.07. The molecule has 0 saturated heterocycles. The van der Waals surface area contributed by atoms with Gasteiger partial charge < -0.3 is 4.74 Å². The molecule has 0 atom stereocenters. The van der Waals surface area contributed by atoms with E-state index in [0.29, 0.717) is 21.3 Å². The molecule has 2 rings (SSSR count). The highest BCUT2D eigenvalue weighted by Gasteiger charge is 2.09. The zero-order valence-electron chi connectivity index (χ0n) is 12.7. The number of hydrogen-bond acceptors (Lipinski definition) is 3. The van der Waals surface area contributed by atoms with Gasteiger partial charge in [-0.3, -0.25) is 20.4 Å². The Morgan fingerprint density at radius 1 is 1.12 bits per heavy atom. The van der Waals surface area contributed by atoms with Gasteiger partial charge in [0.1, 0.15) is 11.6 Å². The molecule has 2 N–H and O–H groups in total. The van der Waals surface area contributed by atoms with Crippen molar-refractivity contribution in [3.8, 4) is 5.75 Å². The van der Waals surface area contributed by atoms with E-state index < -0.39 is 11.8 Å². The summed E-state index contributed by atoms with van der Waals surface area (Å²) in [4.78, 5) is 23.6. The number of methoxy groups -OCH3 is 1. The van der Waals surface area contributed by atoms with Gasteiger partial charge in [-0.05, 0) is 57.9 Å². The Morgan fingerprint density at radius 3 is 2.46 bits per heavy atom. The Labute approximate surface area is 146 Å². The van der Waals surface area contributed by atoms with E-state index in [0.717, 1.165) is 0 Å². The molecule has 0 aliphatic rings. The molecule has 0 radical (unpaired) electrons.